The molecule has 2 fully saturated rings. The van der Waals surface area contributed by atoms with Gasteiger partial charge in [0.1, 0.15) is 11.9 Å². The number of piperidine rings is 2. The van der Waals surface area contributed by atoms with Crippen molar-refractivity contribution in [2.75, 3.05) is 31.6 Å². The predicted molar refractivity (Wildman–Crippen MR) is 192 cm³/mol. The van der Waals surface area contributed by atoms with Crippen LogP contribution in [-0.2, 0) is 32.7 Å². The van der Waals surface area contributed by atoms with Gasteiger partial charge in [-0.2, -0.15) is 0 Å². The van der Waals surface area contributed by atoms with E-state index < -0.39 is 42.6 Å². The lowest BCUT2D eigenvalue weighted by Gasteiger charge is -2.32. The summed E-state index contributed by atoms with van der Waals surface area (Å²) in [4.78, 5) is 83.6. The van der Waals surface area contributed by atoms with Gasteiger partial charge in [-0.05, 0) is 67.6 Å². The van der Waals surface area contributed by atoms with E-state index in [2.05, 4.69) is 15.4 Å². The molecule has 0 spiro atoms. The number of hydrogen-bond acceptors (Lipinski definition) is 9. The smallest absolute Gasteiger partial charge is 0.384 e. The Kier molecular flexibility index (Phi) is 10.1. The molecule has 5 heterocycles. The minimum absolute atomic E-state index is 0.00537. The third-order valence-corrected chi connectivity index (χ3v) is 10.4. The van der Waals surface area contributed by atoms with Gasteiger partial charge in [0.25, 0.3) is 17.4 Å². The molecule has 0 bridgehead atoms. The van der Waals surface area contributed by atoms with Crippen molar-refractivity contribution in [3.63, 3.8) is 0 Å². The van der Waals surface area contributed by atoms with Crippen LogP contribution in [0.5, 0.6) is 0 Å². The first-order chi connectivity index (χ1) is 26.2. The molecule has 14 nitrogen and oxygen atoms in total. The summed E-state index contributed by atoms with van der Waals surface area (Å²) in [6.07, 6.45) is -1.92. The van der Waals surface area contributed by atoms with E-state index in [0.29, 0.717) is 54.0 Å². The Morgan fingerprint density at radius 2 is 1.76 bits per heavy atom. The van der Waals surface area contributed by atoms with Gasteiger partial charge in [0.15, 0.2) is 0 Å². The number of fused-ring (bicyclic) bond motifs is 2. The van der Waals surface area contributed by atoms with E-state index in [0.717, 1.165) is 16.0 Å². The van der Waals surface area contributed by atoms with Crippen molar-refractivity contribution in [3.8, 4) is 11.1 Å². The summed E-state index contributed by atoms with van der Waals surface area (Å²) < 4.78 is 46.3. The van der Waals surface area contributed by atoms with Crippen molar-refractivity contribution < 1.29 is 41.9 Å². The molecule has 5 amide bonds. The monoisotopic (exact) mass is 761 g/mol. The third-order valence-electron chi connectivity index (χ3n) is 10.4. The molecule has 288 valence electrons. The molecule has 0 radical (unpaired) electrons. The van der Waals surface area contributed by atoms with Gasteiger partial charge in [-0.15, -0.1) is 13.2 Å². The first-order valence-corrected chi connectivity index (χ1v) is 17.9. The molecule has 7 rings (SSSR count). The Balaban J connectivity index is 1.01. The fourth-order valence-corrected chi connectivity index (χ4v) is 7.67. The fraction of sp³-hybridized carbons (Fsp3) is 0.395. The highest BCUT2D eigenvalue weighted by Gasteiger charge is 2.45. The van der Waals surface area contributed by atoms with Crippen LogP contribution in [-0.4, -0.2) is 92.1 Å². The van der Waals surface area contributed by atoms with E-state index in [9.17, 15) is 41.9 Å². The topological polar surface area (TPSA) is 165 Å². The summed E-state index contributed by atoms with van der Waals surface area (Å²) in [6, 6.07) is 10.9. The number of nitrogens with one attached hydrogen (secondary N) is 2. The summed E-state index contributed by atoms with van der Waals surface area (Å²) in [6.45, 7) is 1.94. The van der Waals surface area contributed by atoms with Gasteiger partial charge < -0.3 is 19.4 Å². The third kappa shape index (κ3) is 7.48. The molecule has 2 aromatic carbocycles. The highest BCUT2D eigenvalue weighted by molar-refractivity contribution is 6.25. The maximum atomic E-state index is 13.4. The number of alkyl halides is 3. The van der Waals surface area contributed by atoms with Gasteiger partial charge in [0.2, 0.25) is 17.7 Å². The van der Waals surface area contributed by atoms with Crippen molar-refractivity contribution in [2.45, 2.75) is 63.9 Å². The zero-order valence-corrected chi connectivity index (χ0v) is 30.1. The number of benzene rings is 2. The number of hydrogen-bond donors (Lipinski definition) is 2. The van der Waals surface area contributed by atoms with Gasteiger partial charge >= 0.3 is 6.36 Å². The van der Waals surface area contributed by atoms with Gasteiger partial charge in [-0.3, -0.25) is 43.7 Å². The maximum Gasteiger partial charge on any atom is 0.522 e. The van der Waals surface area contributed by atoms with E-state index in [-0.39, 0.29) is 60.9 Å². The number of nitrogens with zero attached hydrogens (tertiary/aromatic N) is 5. The zero-order chi connectivity index (χ0) is 39.2. The Morgan fingerprint density at radius 3 is 2.47 bits per heavy atom. The Labute approximate surface area is 312 Å². The van der Waals surface area contributed by atoms with Crippen LogP contribution in [0.15, 0.2) is 53.5 Å². The number of amides is 5. The number of pyridine rings is 1. The summed E-state index contributed by atoms with van der Waals surface area (Å²) in [5, 5.41) is 5.27. The Bertz CT molecular complexity index is 2270. The quantitative estimate of drug-likeness (QED) is 0.229. The predicted octanol–water partition coefficient (Wildman–Crippen LogP) is 3.86. The molecule has 55 heavy (non-hydrogen) atoms. The van der Waals surface area contributed by atoms with Crippen LogP contribution in [0.1, 0.15) is 70.1 Å². The number of carbonyl (C=O) groups is 5. The second kappa shape index (κ2) is 14.8. The number of imidazole rings is 1. The number of ether oxygens (including phenoxy) is 1. The van der Waals surface area contributed by atoms with Crippen molar-refractivity contribution in [3.05, 3.63) is 81.5 Å². The summed E-state index contributed by atoms with van der Waals surface area (Å²) in [5.74, 6) is -2.13. The van der Waals surface area contributed by atoms with Crippen LogP contribution in [0.25, 0.3) is 22.2 Å². The lowest BCUT2D eigenvalue weighted by Crippen LogP contribution is -2.54. The van der Waals surface area contributed by atoms with Crippen LogP contribution in [0.4, 0.5) is 18.9 Å². The van der Waals surface area contributed by atoms with Crippen LogP contribution >= 0.6 is 0 Å². The largest absolute Gasteiger partial charge is 0.522 e. The second-order valence-electron chi connectivity index (χ2n) is 14.0. The molecular weight excluding hydrogens is 723 g/mol. The molecule has 3 aliphatic heterocycles. The summed E-state index contributed by atoms with van der Waals surface area (Å²) >= 11 is 0. The van der Waals surface area contributed by atoms with Gasteiger partial charge in [0, 0.05) is 69.4 Å². The molecule has 2 saturated heterocycles. The van der Waals surface area contributed by atoms with Crippen molar-refractivity contribution >= 4 is 46.3 Å². The number of carbonyl (C=O) groups excluding carboxylic acids is 5. The van der Waals surface area contributed by atoms with E-state index in [4.69, 9.17) is 4.98 Å². The molecule has 3 aliphatic rings. The first kappa shape index (κ1) is 37.5. The number of likely N-dealkylation sites (tertiary alicyclic amines) is 1. The zero-order valence-electron chi connectivity index (χ0n) is 30.1. The molecule has 2 N–H and O–H groups in total. The van der Waals surface area contributed by atoms with E-state index in [1.807, 2.05) is 12.1 Å². The molecule has 1 atom stereocenters. The first-order valence-electron chi connectivity index (χ1n) is 17.9. The molecule has 1 unspecified atom stereocenters. The maximum absolute atomic E-state index is 13.4. The van der Waals surface area contributed by atoms with E-state index in [1.54, 1.807) is 53.9 Å². The molecule has 2 aromatic heterocycles. The van der Waals surface area contributed by atoms with Crippen LogP contribution < -0.4 is 16.2 Å². The highest BCUT2D eigenvalue weighted by atomic mass is 19.4. The van der Waals surface area contributed by atoms with Gasteiger partial charge in [-0.1, -0.05) is 12.1 Å². The SMILES string of the molecule is Cc1cc(-c2ccc3nc(C4CCN(C(=O)CCNc5cccc6c5C(=O)N(C5CCC(=O)NC5=O)C6=O)CC4)n(CCOC(F)(F)F)c3c2)cn(C)c1=O. The van der Waals surface area contributed by atoms with E-state index >= 15 is 0 Å². The summed E-state index contributed by atoms with van der Waals surface area (Å²) in [7, 11) is 1.65. The number of imide groups is 2. The second-order valence-corrected chi connectivity index (χ2v) is 14.0. The van der Waals surface area contributed by atoms with Crippen LogP contribution in [0.2, 0.25) is 0 Å². The molecule has 0 aliphatic carbocycles. The van der Waals surface area contributed by atoms with E-state index in [1.165, 1.54) is 10.6 Å². The lowest BCUT2D eigenvalue weighted by atomic mass is 9.95. The molecule has 4 aromatic rings. The number of anilines is 1. The standard InChI is InChI=1S/C38H38F3N7O7/c1-21-18-24(20-45(2)35(21)52)23-6-7-26-29(19-23)47(16-17-55-38(39,40)41)33(43-26)22-11-14-46(15-12-22)31(50)10-13-42-27-5-3-4-25-32(27)37(54)48(36(25)53)28-8-9-30(49)44-34(28)51/h3-7,18-20,22,28,42H,8-17H2,1-2H3,(H,44,49,51). The van der Waals surface area contributed by atoms with Gasteiger partial charge in [0.05, 0.1) is 28.8 Å². The van der Waals surface area contributed by atoms with Crippen molar-refractivity contribution in [2.24, 2.45) is 7.05 Å². The number of aryl methyl sites for hydroxylation is 2. The summed E-state index contributed by atoms with van der Waals surface area (Å²) in [5.41, 5.74) is 3.78. The van der Waals surface area contributed by atoms with Crippen LogP contribution in [0.3, 0.4) is 0 Å². The minimum atomic E-state index is -4.79. The number of halogens is 3. The van der Waals surface area contributed by atoms with Crippen LogP contribution in [0, 0.1) is 6.92 Å². The molecular formula is C38H38F3N7O7. The Morgan fingerprint density at radius 1 is 1.00 bits per heavy atom. The van der Waals surface area contributed by atoms with Crippen molar-refractivity contribution in [1.29, 1.82) is 0 Å². The van der Waals surface area contributed by atoms with Gasteiger partial charge in [-0.25, -0.2) is 4.98 Å². The average Bonchev–Trinajstić information content (AvgIpc) is 3.63. The van der Waals surface area contributed by atoms with Crippen molar-refractivity contribution in [1.82, 2.24) is 29.2 Å². The highest BCUT2D eigenvalue weighted by Crippen LogP contribution is 2.34. The molecule has 0 saturated carbocycles. The minimum Gasteiger partial charge on any atom is -0.384 e. The Hall–Kier alpha value is -5.84. The average molecular weight is 762 g/mol. The molecule has 17 heteroatoms. The lowest BCUT2D eigenvalue weighted by molar-refractivity contribution is -0.325. The number of rotatable bonds is 10. The fourth-order valence-electron chi connectivity index (χ4n) is 7.67. The normalized spacial score (nSPS) is 17.9. The number of aromatic nitrogens is 3.